The molecule has 0 radical (unpaired) electrons. The highest BCUT2D eigenvalue weighted by molar-refractivity contribution is 5.67. The molecule has 0 unspecified atom stereocenters. The van der Waals surface area contributed by atoms with Crippen LogP contribution in [0.1, 0.15) is 26.3 Å². The molecule has 2 rings (SSSR count). The number of carbonyl (C=O) groups excluding carboxylic acids is 3. The second kappa shape index (κ2) is 10.2. The Kier molecular flexibility index (Phi) is 7.91. The van der Waals surface area contributed by atoms with Crippen molar-refractivity contribution >= 4 is 17.9 Å². The van der Waals surface area contributed by atoms with Gasteiger partial charge in [0.05, 0.1) is 6.61 Å². The summed E-state index contributed by atoms with van der Waals surface area (Å²) in [7, 11) is 0. The topological polar surface area (TPSA) is 118 Å². The predicted molar refractivity (Wildman–Crippen MR) is 93.6 cm³/mol. The molecular weight excluding hydrogens is 372 g/mol. The highest BCUT2D eigenvalue weighted by Gasteiger charge is 2.50. The maximum atomic E-state index is 11.6. The predicted octanol–water partition coefficient (Wildman–Crippen LogP) is 0.716. The van der Waals surface area contributed by atoms with Gasteiger partial charge in [0.1, 0.15) is 18.8 Å². The van der Waals surface area contributed by atoms with Crippen LogP contribution in [0.25, 0.3) is 0 Å². The van der Waals surface area contributed by atoms with Crippen molar-refractivity contribution in [3.8, 4) is 0 Å². The molecule has 0 spiro atoms. The largest absolute Gasteiger partial charge is 0.463 e. The maximum Gasteiger partial charge on any atom is 0.303 e. The summed E-state index contributed by atoms with van der Waals surface area (Å²) >= 11 is 0. The van der Waals surface area contributed by atoms with Crippen LogP contribution in [0.3, 0.4) is 0 Å². The van der Waals surface area contributed by atoms with Crippen LogP contribution in [0.5, 0.6) is 0 Å². The molecule has 1 fully saturated rings. The molecule has 1 aromatic rings. The second-order valence-electron chi connectivity index (χ2n) is 6.28. The lowest BCUT2D eigenvalue weighted by atomic mass is 9.98. The molecule has 1 saturated heterocycles. The first kappa shape index (κ1) is 21.8. The standard InChI is InChI=1S/C19H24O9/c1-11(20)24-10-15-16(25-9-14-7-5-4-6-8-14)17(26-12(2)21)18(19(23)28-15)27-13(3)22/h4-8,15-19,23H,9-10H2,1-3H3/t15-,16-,17+,18-,19-/m1/s1. The lowest BCUT2D eigenvalue weighted by Crippen LogP contribution is -2.62. The number of ether oxygens (including phenoxy) is 5. The van der Waals surface area contributed by atoms with Crippen molar-refractivity contribution in [1.82, 2.24) is 0 Å². The van der Waals surface area contributed by atoms with E-state index < -0.39 is 48.6 Å². The molecule has 1 aromatic carbocycles. The molecule has 1 N–H and O–H groups in total. The van der Waals surface area contributed by atoms with Crippen molar-refractivity contribution in [2.24, 2.45) is 0 Å². The van der Waals surface area contributed by atoms with Crippen LogP contribution in [-0.2, 0) is 44.7 Å². The first-order valence-corrected chi connectivity index (χ1v) is 8.74. The summed E-state index contributed by atoms with van der Waals surface area (Å²) in [5.74, 6) is -1.90. The van der Waals surface area contributed by atoms with E-state index in [0.29, 0.717) is 0 Å². The van der Waals surface area contributed by atoms with Gasteiger partial charge in [0.2, 0.25) is 0 Å². The van der Waals surface area contributed by atoms with Gasteiger partial charge >= 0.3 is 17.9 Å². The molecule has 1 aliphatic rings. The minimum Gasteiger partial charge on any atom is -0.463 e. The maximum absolute atomic E-state index is 11.6. The van der Waals surface area contributed by atoms with Gasteiger partial charge in [-0.2, -0.15) is 0 Å². The fraction of sp³-hybridized carbons (Fsp3) is 0.526. The zero-order valence-electron chi connectivity index (χ0n) is 15.9. The normalized spacial score (nSPS) is 26.9. The van der Waals surface area contributed by atoms with Crippen molar-refractivity contribution in [2.75, 3.05) is 6.61 Å². The number of hydrogen-bond donors (Lipinski definition) is 1. The second-order valence-corrected chi connectivity index (χ2v) is 6.28. The molecule has 9 heteroatoms. The van der Waals surface area contributed by atoms with Gasteiger partial charge in [0.25, 0.3) is 0 Å². The monoisotopic (exact) mass is 396 g/mol. The Balaban J connectivity index is 2.26. The van der Waals surface area contributed by atoms with Gasteiger partial charge in [-0.15, -0.1) is 0 Å². The highest BCUT2D eigenvalue weighted by atomic mass is 16.7. The minimum atomic E-state index is -1.59. The number of carbonyl (C=O) groups is 3. The van der Waals surface area contributed by atoms with Gasteiger partial charge in [-0.1, -0.05) is 30.3 Å². The van der Waals surface area contributed by atoms with Gasteiger partial charge in [-0.3, -0.25) is 14.4 Å². The molecule has 0 bridgehead atoms. The number of aliphatic hydroxyl groups is 1. The molecule has 1 aliphatic heterocycles. The van der Waals surface area contributed by atoms with E-state index in [1.165, 1.54) is 13.8 Å². The van der Waals surface area contributed by atoms with E-state index in [1.54, 1.807) is 0 Å². The molecule has 5 atom stereocenters. The summed E-state index contributed by atoms with van der Waals surface area (Å²) in [6.07, 6.45) is -5.95. The Morgan fingerprint density at radius 2 is 1.54 bits per heavy atom. The van der Waals surface area contributed by atoms with Crippen LogP contribution in [-0.4, -0.2) is 60.3 Å². The molecule has 1 heterocycles. The van der Waals surface area contributed by atoms with Crippen LogP contribution in [0.15, 0.2) is 30.3 Å². The van der Waals surface area contributed by atoms with E-state index in [-0.39, 0.29) is 13.2 Å². The summed E-state index contributed by atoms with van der Waals surface area (Å²) < 4.78 is 26.7. The zero-order valence-corrected chi connectivity index (χ0v) is 15.9. The summed E-state index contributed by atoms with van der Waals surface area (Å²) in [5.41, 5.74) is 0.838. The van der Waals surface area contributed by atoms with Gasteiger partial charge in [-0.25, -0.2) is 0 Å². The molecule has 9 nitrogen and oxygen atoms in total. The lowest BCUT2D eigenvalue weighted by Gasteiger charge is -2.43. The van der Waals surface area contributed by atoms with Crippen LogP contribution in [0, 0.1) is 0 Å². The van der Waals surface area contributed by atoms with Gasteiger partial charge in [-0.05, 0) is 5.56 Å². The molecule has 0 amide bonds. The van der Waals surface area contributed by atoms with Crippen molar-refractivity contribution in [2.45, 2.75) is 58.1 Å². The van der Waals surface area contributed by atoms with Crippen LogP contribution in [0.4, 0.5) is 0 Å². The van der Waals surface area contributed by atoms with E-state index in [0.717, 1.165) is 12.5 Å². The molecular formula is C19H24O9. The highest BCUT2D eigenvalue weighted by Crippen LogP contribution is 2.28. The van der Waals surface area contributed by atoms with E-state index in [2.05, 4.69) is 0 Å². The average Bonchev–Trinajstić information content (AvgIpc) is 2.62. The Morgan fingerprint density at radius 3 is 2.11 bits per heavy atom. The number of benzene rings is 1. The third-order valence-electron chi connectivity index (χ3n) is 3.95. The first-order chi connectivity index (χ1) is 13.3. The Hall–Kier alpha value is -2.49. The Bertz CT molecular complexity index is 675. The third kappa shape index (κ3) is 6.29. The summed E-state index contributed by atoms with van der Waals surface area (Å²) in [6, 6.07) is 9.20. The van der Waals surface area contributed by atoms with Crippen LogP contribution >= 0.6 is 0 Å². The lowest BCUT2D eigenvalue weighted by molar-refractivity contribution is -0.301. The number of esters is 3. The molecule has 0 saturated carbocycles. The number of hydrogen-bond acceptors (Lipinski definition) is 9. The van der Waals surface area contributed by atoms with E-state index in [4.69, 9.17) is 23.7 Å². The smallest absolute Gasteiger partial charge is 0.303 e. The van der Waals surface area contributed by atoms with Crippen molar-refractivity contribution in [3.05, 3.63) is 35.9 Å². The fourth-order valence-corrected chi connectivity index (χ4v) is 2.84. The molecule has 28 heavy (non-hydrogen) atoms. The summed E-state index contributed by atoms with van der Waals surface area (Å²) in [6.45, 7) is 3.46. The number of rotatable bonds is 7. The molecule has 0 aromatic heterocycles. The first-order valence-electron chi connectivity index (χ1n) is 8.74. The van der Waals surface area contributed by atoms with Crippen LogP contribution < -0.4 is 0 Å². The number of aliphatic hydroxyl groups excluding tert-OH is 1. The SMILES string of the molecule is CC(=O)OC[C@H]1O[C@@H](O)[C@H](OC(C)=O)[C@@H](OC(C)=O)[C@@H]1OCc1ccccc1. The molecule has 0 aliphatic carbocycles. The van der Waals surface area contributed by atoms with Crippen molar-refractivity contribution in [3.63, 3.8) is 0 Å². The van der Waals surface area contributed by atoms with Crippen molar-refractivity contribution in [1.29, 1.82) is 0 Å². The van der Waals surface area contributed by atoms with Gasteiger partial charge < -0.3 is 28.8 Å². The minimum absolute atomic E-state index is 0.131. The van der Waals surface area contributed by atoms with Crippen LogP contribution in [0.2, 0.25) is 0 Å². The summed E-state index contributed by atoms with van der Waals surface area (Å²) in [4.78, 5) is 34.2. The quantitative estimate of drug-likeness (QED) is 0.525. The Morgan fingerprint density at radius 1 is 0.929 bits per heavy atom. The average molecular weight is 396 g/mol. The molecule has 154 valence electrons. The van der Waals surface area contributed by atoms with Gasteiger partial charge in [0, 0.05) is 20.8 Å². The summed E-state index contributed by atoms with van der Waals surface area (Å²) in [5, 5.41) is 10.3. The zero-order chi connectivity index (χ0) is 20.7. The third-order valence-corrected chi connectivity index (χ3v) is 3.95. The fourth-order valence-electron chi connectivity index (χ4n) is 2.84. The van der Waals surface area contributed by atoms with Crippen molar-refractivity contribution < 1.29 is 43.2 Å². The van der Waals surface area contributed by atoms with E-state index in [9.17, 15) is 19.5 Å². The Labute approximate surface area is 162 Å². The van der Waals surface area contributed by atoms with E-state index in [1.807, 2.05) is 30.3 Å². The van der Waals surface area contributed by atoms with Gasteiger partial charge in [0.15, 0.2) is 18.5 Å². The van der Waals surface area contributed by atoms with E-state index >= 15 is 0 Å².